The standard InChI is InChI=1S/C19H32O3/c1-3-4-5-6-7-9-12-15-18(20)16-13-10-8-11-14-17-19(21)22-2/h4-5,7,9,12,15,18,20H,3,6,8,10-11,13-14,16-17H2,1-2H3. The topological polar surface area (TPSA) is 46.5 Å². The Morgan fingerprint density at radius 1 is 1.05 bits per heavy atom. The molecule has 0 spiro atoms. The van der Waals surface area contributed by atoms with Crippen LogP contribution in [0.15, 0.2) is 36.5 Å². The molecule has 0 heterocycles. The van der Waals surface area contributed by atoms with E-state index in [0.29, 0.717) is 6.42 Å². The number of carbonyl (C=O) groups excluding carboxylic acids is 1. The predicted molar refractivity (Wildman–Crippen MR) is 92.7 cm³/mol. The van der Waals surface area contributed by atoms with Gasteiger partial charge in [0.25, 0.3) is 0 Å². The van der Waals surface area contributed by atoms with E-state index in [9.17, 15) is 9.90 Å². The first-order chi connectivity index (χ1) is 10.7. The highest BCUT2D eigenvalue weighted by Gasteiger charge is 2.00. The number of esters is 1. The lowest BCUT2D eigenvalue weighted by Crippen LogP contribution is -2.01. The number of methoxy groups -OCH3 is 1. The minimum absolute atomic E-state index is 0.126. The molecule has 0 radical (unpaired) electrons. The molecular formula is C19H32O3. The van der Waals surface area contributed by atoms with E-state index in [4.69, 9.17) is 0 Å². The maximum atomic E-state index is 10.9. The number of allylic oxidation sites excluding steroid dienone is 5. The van der Waals surface area contributed by atoms with E-state index in [-0.39, 0.29) is 12.1 Å². The fourth-order valence-electron chi connectivity index (χ4n) is 2.04. The molecule has 0 bridgehead atoms. The molecule has 1 N–H and O–H groups in total. The lowest BCUT2D eigenvalue weighted by molar-refractivity contribution is -0.140. The van der Waals surface area contributed by atoms with E-state index in [1.807, 2.05) is 18.2 Å². The third-order valence-corrected chi connectivity index (χ3v) is 3.36. The van der Waals surface area contributed by atoms with Crippen molar-refractivity contribution in [3.05, 3.63) is 36.5 Å². The number of unbranched alkanes of at least 4 members (excludes halogenated alkanes) is 4. The lowest BCUT2D eigenvalue weighted by Gasteiger charge is -2.05. The number of hydrogen-bond donors (Lipinski definition) is 1. The van der Waals surface area contributed by atoms with Gasteiger partial charge in [0, 0.05) is 6.42 Å². The minimum atomic E-state index is -0.356. The van der Waals surface area contributed by atoms with E-state index >= 15 is 0 Å². The fourth-order valence-corrected chi connectivity index (χ4v) is 2.04. The first-order valence-corrected chi connectivity index (χ1v) is 8.44. The van der Waals surface area contributed by atoms with Gasteiger partial charge in [-0.15, -0.1) is 0 Å². The summed E-state index contributed by atoms with van der Waals surface area (Å²) in [5.41, 5.74) is 0. The molecule has 0 aliphatic carbocycles. The first kappa shape index (κ1) is 20.6. The zero-order chi connectivity index (χ0) is 16.5. The Balaban J connectivity index is 3.47. The lowest BCUT2D eigenvalue weighted by atomic mass is 10.1. The van der Waals surface area contributed by atoms with Crippen molar-refractivity contribution >= 4 is 5.97 Å². The maximum Gasteiger partial charge on any atom is 0.305 e. The second-order valence-electron chi connectivity index (χ2n) is 5.38. The van der Waals surface area contributed by atoms with Gasteiger partial charge >= 0.3 is 5.97 Å². The van der Waals surface area contributed by atoms with Crippen LogP contribution in [-0.2, 0) is 9.53 Å². The van der Waals surface area contributed by atoms with E-state index < -0.39 is 0 Å². The van der Waals surface area contributed by atoms with E-state index in [1.165, 1.54) is 7.11 Å². The number of carbonyl (C=O) groups is 1. The average molecular weight is 308 g/mol. The highest BCUT2D eigenvalue weighted by atomic mass is 16.5. The van der Waals surface area contributed by atoms with Gasteiger partial charge in [-0.2, -0.15) is 0 Å². The van der Waals surface area contributed by atoms with Crippen molar-refractivity contribution in [3.63, 3.8) is 0 Å². The highest BCUT2D eigenvalue weighted by molar-refractivity contribution is 5.68. The van der Waals surface area contributed by atoms with Crippen molar-refractivity contribution < 1.29 is 14.6 Å². The van der Waals surface area contributed by atoms with Crippen LogP contribution in [0.1, 0.15) is 64.7 Å². The second-order valence-corrected chi connectivity index (χ2v) is 5.38. The Morgan fingerprint density at radius 2 is 1.77 bits per heavy atom. The zero-order valence-electron chi connectivity index (χ0n) is 14.2. The number of ether oxygens (including phenoxy) is 1. The van der Waals surface area contributed by atoms with E-state index in [0.717, 1.165) is 51.4 Å². The monoisotopic (exact) mass is 308 g/mol. The van der Waals surface area contributed by atoms with Gasteiger partial charge in [-0.3, -0.25) is 4.79 Å². The molecule has 3 nitrogen and oxygen atoms in total. The van der Waals surface area contributed by atoms with Crippen molar-refractivity contribution in [3.8, 4) is 0 Å². The van der Waals surface area contributed by atoms with Crippen LogP contribution in [-0.4, -0.2) is 24.3 Å². The molecule has 1 atom stereocenters. The third-order valence-electron chi connectivity index (χ3n) is 3.36. The Labute approximate surface area is 135 Å². The van der Waals surface area contributed by atoms with E-state index in [2.05, 4.69) is 29.9 Å². The molecular weight excluding hydrogens is 276 g/mol. The van der Waals surface area contributed by atoms with Crippen molar-refractivity contribution in [2.24, 2.45) is 0 Å². The molecule has 0 aromatic heterocycles. The zero-order valence-corrected chi connectivity index (χ0v) is 14.2. The number of rotatable bonds is 13. The van der Waals surface area contributed by atoms with Crippen LogP contribution < -0.4 is 0 Å². The molecule has 22 heavy (non-hydrogen) atoms. The number of aliphatic hydroxyl groups is 1. The second kappa shape index (κ2) is 16.0. The largest absolute Gasteiger partial charge is 0.469 e. The van der Waals surface area contributed by atoms with Crippen molar-refractivity contribution in [1.82, 2.24) is 0 Å². The van der Waals surface area contributed by atoms with E-state index in [1.54, 1.807) is 0 Å². The maximum absolute atomic E-state index is 10.9. The fraction of sp³-hybridized carbons (Fsp3) is 0.632. The highest BCUT2D eigenvalue weighted by Crippen LogP contribution is 2.09. The van der Waals surface area contributed by atoms with Gasteiger partial charge in [0.2, 0.25) is 0 Å². The molecule has 0 fully saturated rings. The molecule has 3 heteroatoms. The van der Waals surface area contributed by atoms with Crippen LogP contribution in [0.4, 0.5) is 0 Å². The van der Waals surface area contributed by atoms with Crippen LogP contribution in [0, 0.1) is 0 Å². The molecule has 0 rings (SSSR count). The first-order valence-electron chi connectivity index (χ1n) is 8.44. The summed E-state index contributed by atoms with van der Waals surface area (Å²) in [6.45, 7) is 2.12. The van der Waals surface area contributed by atoms with Gasteiger partial charge in [-0.05, 0) is 25.7 Å². The molecule has 0 saturated carbocycles. The summed E-state index contributed by atoms with van der Waals surface area (Å²) in [6, 6.07) is 0. The third kappa shape index (κ3) is 15.0. The predicted octanol–water partition coefficient (Wildman–Crippen LogP) is 4.72. The summed E-state index contributed by atoms with van der Waals surface area (Å²) in [6.07, 6.45) is 20.3. The SMILES string of the molecule is CCC=CCC=CC=CC(O)CCCCCCCC(=O)OC. The summed E-state index contributed by atoms with van der Waals surface area (Å²) in [5, 5.41) is 9.80. The smallest absolute Gasteiger partial charge is 0.305 e. The molecule has 0 aliphatic heterocycles. The van der Waals surface area contributed by atoms with Crippen LogP contribution in [0.25, 0.3) is 0 Å². The minimum Gasteiger partial charge on any atom is -0.469 e. The van der Waals surface area contributed by atoms with Gasteiger partial charge in [0.1, 0.15) is 0 Å². The van der Waals surface area contributed by atoms with Crippen molar-refractivity contribution in [2.75, 3.05) is 7.11 Å². The Morgan fingerprint density at radius 3 is 2.50 bits per heavy atom. The summed E-state index contributed by atoms with van der Waals surface area (Å²) in [5.74, 6) is -0.126. The Hall–Kier alpha value is -1.35. The molecule has 126 valence electrons. The summed E-state index contributed by atoms with van der Waals surface area (Å²) >= 11 is 0. The van der Waals surface area contributed by atoms with Crippen LogP contribution in [0.5, 0.6) is 0 Å². The molecule has 0 amide bonds. The summed E-state index contributed by atoms with van der Waals surface area (Å²) in [4.78, 5) is 10.9. The molecule has 0 saturated heterocycles. The summed E-state index contributed by atoms with van der Waals surface area (Å²) < 4.78 is 4.59. The van der Waals surface area contributed by atoms with Gasteiger partial charge in [-0.25, -0.2) is 0 Å². The van der Waals surface area contributed by atoms with Gasteiger partial charge in [0.15, 0.2) is 0 Å². The van der Waals surface area contributed by atoms with Crippen LogP contribution in [0.2, 0.25) is 0 Å². The van der Waals surface area contributed by atoms with Gasteiger partial charge < -0.3 is 9.84 Å². The average Bonchev–Trinajstić information content (AvgIpc) is 2.52. The van der Waals surface area contributed by atoms with Gasteiger partial charge in [0.05, 0.1) is 13.2 Å². The Kier molecular flexibility index (Phi) is 15.0. The Bertz CT molecular complexity index is 343. The van der Waals surface area contributed by atoms with Crippen molar-refractivity contribution in [2.45, 2.75) is 70.8 Å². The van der Waals surface area contributed by atoms with Crippen molar-refractivity contribution in [1.29, 1.82) is 0 Å². The summed E-state index contributed by atoms with van der Waals surface area (Å²) in [7, 11) is 1.42. The number of hydrogen-bond acceptors (Lipinski definition) is 3. The molecule has 0 aromatic rings. The number of aliphatic hydroxyl groups excluding tert-OH is 1. The van der Waals surface area contributed by atoms with Gasteiger partial charge in [-0.1, -0.05) is 69.1 Å². The quantitative estimate of drug-likeness (QED) is 0.232. The molecule has 1 unspecified atom stereocenters. The molecule has 0 aliphatic rings. The normalized spacial score (nSPS) is 13.4. The van der Waals surface area contributed by atoms with Crippen LogP contribution >= 0.6 is 0 Å². The van der Waals surface area contributed by atoms with Crippen LogP contribution in [0.3, 0.4) is 0 Å². The molecule has 0 aromatic carbocycles.